The van der Waals surface area contributed by atoms with Gasteiger partial charge in [-0.15, -0.1) is 0 Å². The zero-order valence-corrected chi connectivity index (χ0v) is 17.0. The molecule has 2 N–H and O–H groups in total. The van der Waals surface area contributed by atoms with Crippen LogP contribution in [-0.4, -0.2) is 65.1 Å². The lowest BCUT2D eigenvalue weighted by molar-refractivity contribution is 0.169. The SMILES string of the molecule is CCNC(=NCC(O)c1ccncc1)N1CCN(Cc2ccc(Cl)cc2)CC1. The van der Waals surface area contributed by atoms with Crippen LogP contribution in [0, 0.1) is 0 Å². The molecule has 1 aliphatic rings. The summed E-state index contributed by atoms with van der Waals surface area (Å²) in [5.74, 6) is 0.863. The molecule has 1 unspecified atom stereocenters. The molecule has 0 aliphatic carbocycles. The smallest absolute Gasteiger partial charge is 0.194 e. The number of nitrogens with zero attached hydrogens (tertiary/aromatic N) is 4. The predicted molar refractivity (Wildman–Crippen MR) is 113 cm³/mol. The van der Waals surface area contributed by atoms with Crippen molar-refractivity contribution in [1.29, 1.82) is 0 Å². The molecule has 1 aromatic heterocycles. The van der Waals surface area contributed by atoms with Crippen LogP contribution in [0.3, 0.4) is 0 Å². The van der Waals surface area contributed by atoms with Gasteiger partial charge in [-0.3, -0.25) is 14.9 Å². The highest BCUT2D eigenvalue weighted by Gasteiger charge is 2.20. The van der Waals surface area contributed by atoms with Crippen molar-refractivity contribution in [3.8, 4) is 0 Å². The minimum Gasteiger partial charge on any atom is -0.386 e. The van der Waals surface area contributed by atoms with Gasteiger partial charge in [0.05, 0.1) is 12.6 Å². The maximum Gasteiger partial charge on any atom is 0.194 e. The fourth-order valence-corrected chi connectivity index (χ4v) is 3.38. The van der Waals surface area contributed by atoms with Crippen molar-refractivity contribution in [1.82, 2.24) is 20.1 Å². The molecule has 1 fully saturated rings. The zero-order valence-electron chi connectivity index (χ0n) is 16.3. The summed E-state index contributed by atoms with van der Waals surface area (Å²) in [4.78, 5) is 13.4. The number of benzene rings is 1. The van der Waals surface area contributed by atoms with Gasteiger partial charge < -0.3 is 15.3 Å². The Balaban J connectivity index is 1.54. The highest BCUT2D eigenvalue weighted by atomic mass is 35.5. The first-order valence-electron chi connectivity index (χ1n) is 9.73. The Morgan fingerprint density at radius 2 is 1.82 bits per heavy atom. The highest BCUT2D eigenvalue weighted by molar-refractivity contribution is 6.30. The van der Waals surface area contributed by atoms with E-state index in [9.17, 15) is 5.11 Å². The van der Waals surface area contributed by atoms with Crippen LogP contribution in [0.25, 0.3) is 0 Å². The second kappa shape index (κ2) is 10.4. The van der Waals surface area contributed by atoms with E-state index in [1.165, 1.54) is 5.56 Å². The van der Waals surface area contributed by atoms with Gasteiger partial charge >= 0.3 is 0 Å². The largest absolute Gasteiger partial charge is 0.386 e. The third-order valence-electron chi connectivity index (χ3n) is 4.83. The first-order valence-corrected chi connectivity index (χ1v) is 10.1. The molecule has 2 heterocycles. The topological polar surface area (TPSA) is 64.0 Å². The molecule has 28 heavy (non-hydrogen) atoms. The molecule has 1 saturated heterocycles. The Kier molecular flexibility index (Phi) is 7.65. The third kappa shape index (κ3) is 5.92. The zero-order chi connectivity index (χ0) is 19.8. The average Bonchev–Trinajstić information content (AvgIpc) is 2.74. The molecule has 1 aliphatic heterocycles. The molecular formula is C21H28ClN5O. The van der Waals surface area contributed by atoms with Gasteiger partial charge in [0.2, 0.25) is 0 Å². The summed E-state index contributed by atoms with van der Waals surface area (Å²) >= 11 is 5.97. The fourth-order valence-electron chi connectivity index (χ4n) is 3.26. The summed E-state index contributed by atoms with van der Waals surface area (Å²) in [5, 5.41) is 14.5. The maximum absolute atomic E-state index is 10.4. The monoisotopic (exact) mass is 401 g/mol. The number of guanidine groups is 1. The Labute approximate surface area is 171 Å². The van der Waals surface area contributed by atoms with E-state index in [1.807, 2.05) is 24.3 Å². The van der Waals surface area contributed by atoms with Crippen LogP contribution in [-0.2, 0) is 6.54 Å². The van der Waals surface area contributed by atoms with E-state index in [4.69, 9.17) is 11.6 Å². The number of aliphatic hydroxyl groups excluding tert-OH is 1. The standard InChI is InChI=1S/C21H28ClN5O/c1-2-24-21(25-15-20(28)18-7-9-23-10-8-18)27-13-11-26(12-14-27)16-17-3-5-19(22)6-4-17/h3-10,20,28H,2,11-16H2,1H3,(H,24,25). The summed E-state index contributed by atoms with van der Waals surface area (Å²) in [6.07, 6.45) is 2.75. The molecule has 1 atom stereocenters. The van der Waals surface area contributed by atoms with Crippen LogP contribution in [0.5, 0.6) is 0 Å². The van der Waals surface area contributed by atoms with E-state index in [0.717, 1.165) is 55.8 Å². The van der Waals surface area contributed by atoms with Gasteiger partial charge in [0.15, 0.2) is 5.96 Å². The number of pyridine rings is 1. The van der Waals surface area contributed by atoms with Crippen molar-refractivity contribution in [3.05, 3.63) is 64.9 Å². The van der Waals surface area contributed by atoms with Gasteiger partial charge in [-0.05, 0) is 42.3 Å². The number of hydrogen-bond donors (Lipinski definition) is 2. The van der Waals surface area contributed by atoms with E-state index in [1.54, 1.807) is 12.4 Å². The Morgan fingerprint density at radius 1 is 1.14 bits per heavy atom. The average molecular weight is 402 g/mol. The van der Waals surface area contributed by atoms with Crippen LogP contribution >= 0.6 is 11.6 Å². The summed E-state index contributed by atoms with van der Waals surface area (Å²) < 4.78 is 0. The first-order chi connectivity index (χ1) is 13.7. The van der Waals surface area contributed by atoms with Crippen molar-refractivity contribution in [2.24, 2.45) is 4.99 Å². The summed E-state index contributed by atoms with van der Waals surface area (Å²) in [5.41, 5.74) is 2.11. The second-order valence-electron chi connectivity index (χ2n) is 6.88. The molecule has 150 valence electrons. The molecule has 6 nitrogen and oxygen atoms in total. The highest BCUT2D eigenvalue weighted by Crippen LogP contribution is 2.14. The molecule has 0 radical (unpaired) electrons. The van der Waals surface area contributed by atoms with Crippen LogP contribution < -0.4 is 5.32 Å². The molecule has 1 aromatic carbocycles. The van der Waals surface area contributed by atoms with Crippen molar-refractivity contribution in [2.45, 2.75) is 19.6 Å². The van der Waals surface area contributed by atoms with E-state index < -0.39 is 6.10 Å². The predicted octanol–water partition coefficient (Wildman–Crippen LogP) is 2.55. The molecule has 0 saturated carbocycles. The van der Waals surface area contributed by atoms with Crippen LogP contribution in [0.4, 0.5) is 0 Å². The van der Waals surface area contributed by atoms with Crippen LogP contribution in [0.1, 0.15) is 24.2 Å². The normalized spacial score (nSPS) is 16.8. The van der Waals surface area contributed by atoms with E-state index in [-0.39, 0.29) is 0 Å². The van der Waals surface area contributed by atoms with Crippen molar-refractivity contribution < 1.29 is 5.11 Å². The Bertz CT molecular complexity index is 745. The fraction of sp³-hybridized carbons (Fsp3) is 0.429. The van der Waals surface area contributed by atoms with Gasteiger partial charge in [0.1, 0.15) is 0 Å². The van der Waals surface area contributed by atoms with Crippen LogP contribution in [0.2, 0.25) is 5.02 Å². The first kappa shape index (κ1) is 20.6. The van der Waals surface area contributed by atoms with Gasteiger partial charge in [0.25, 0.3) is 0 Å². The van der Waals surface area contributed by atoms with Crippen LogP contribution in [0.15, 0.2) is 53.8 Å². The van der Waals surface area contributed by atoms with Gasteiger partial charge in [-0.25, -0.2) is 0 Å². The third-order valence-corrected chi connectivity index (χ3v) is 5.08. The number of aromatic nitrogens is 1. The lowest BCUT2D eigenvalue weighted by Crippen LogP contribution is -2.52. The lowest BCUT2D eigenvalue weighted by atomic mass is 10.1. The number of halogens is 1. The minimum atomic E-state index is -0.622. The van der Waals surface area contributed by atoms with Crippen molar-refractivity contribution >= 4 is 17.6 Å². The summed E-state index contributed by atoms with van der Waals surface area (Å²) in [6, 6.07) is 11.7. The number of nitrogens with one attached hydrogen (secondary N) is 1. The Morgan fingerprint density at radius 3 is 2.46 bits per heavy atom. The second-order valence-corrected chi connectivity index (χ2v) is 7.32. The Hall–Kier alpha value is -2.15. The molecule has 0 amide bonds. The van der Waals surface area contributed by atoms with Gasteiger partial charge in [-0.2, -0.15) is 0 Å². The van der Waals surface area contributed by atoms with Gasteiger partial charge in [-0.1, -0.05) is 23.7 Å². The van der Waals surface area contributed by atoms with Crippen molar-refractivity contribution in [2.75, 3.05) is 39.3 Å². The molecular weight excluding hydrogens is 374 g/mol. The van der Waals surface area contributed by atoms with E-state index in [2.05, 4.69) is 44.1 Å². The quantitative estimate of drug-likeness (QED) is 0.575. The molecule has 7 heteroatoms. The molecule has 3 rings (SSSR count). The molecule has 0 spiro atoms. The van der Waals surface area contributed by atoms with E-state index >= 15 is 0 Å². The van der Waals surface area contributed by atoms with Gasteiger partial charge in [0, 0.05) is 56.7 Å². The number of hydrogen-bond acceptors (Lipinski definition) is 4. The number of aliphatic imine (C=N–C) groups is 1. The number of aliphatic hydroxyl groups is 1. The molecule has 0 bridgehead atoms. The van der Waals surface area contributed by atoms with E-state index in [0.29, 0.717) is 6.54 Å². The number of piperazine rings is 1. The minimum absolute atomic E-state index is 0.331. The summed E-state index contributed by atoms with van der Waals surface area (Å²) in [7, 11) is 0. The number of rotatable bonds is 6. The molecule has 2 aromatic rings. The lowest BCUT2D eigenvalue weighted by Gasteiger charge is -2.36. The maximum atomic E-state index is 10.4. The summed E-state index contributed by atoms with van der Waals surface area (Å²) in [6.45, 7) is 7.88. The van der Waals surface area contributed by atoms with Crippen molar-refractivity contribution in [3.63, 3.8) is 0 Å².